The molecule has 2 heterocycles. The average molecular weight is 297 g/mol. The maximum Gasteiger partial charge on any atom is 0.129 e. The van der Waals surface area contributed by atoms with Crippen molar-refractivity contribution in [2.24, 2.45) is 0 Å². The molecule has 3 rings (SSSR count). The lowest BCUT2D eigenvalue weighted by atomic mass is 10.3. The van der Waals surface area contributed by atoms with Crippen LogP contribution in [0.3, 0.4) is 0 Å². The summed E-state index contributed by atoms with van der Waals surface area (Å²) in [6.45, 7) is 3.12. The van der Waals surface area contributed by atoms with Crippen molar-refractivity contribution >= 4 is 28.5 Å². The molecule has 4 heteroatoms. The number of benzene rings is 1. The van der Waals surface area contributed by atoms with E-state index in [4.69, 9.17) is 0 Å². The predicted octanol–water partition coefficient (Wildman–Crippen LogP) is 4.68. The molecule has 3 aromatic rings. The summed E-state index contributed by atoms with van der Waals surface area (Å²) in [5, 5.41) is 5.85. The Hall–Kier alpha value is -1.94. The number of aromatic nitrogens is 2. The number of hydrogen-bond acceptors (Lipinski definition) is 3. The van der Waals surface area contributed by atoms with Crippen LogP contribution in [0.2, 0.25) is 0 Å². The molecule has 0 saturated carbocycles. The Morgan fingerprint density at radius 3 is 2.95 bits per heavy atom. The SMILES string of the molecule is CCCNc1ncccc1CSc1cc2ccccc2[nH]1. The van der Waals surface area contributed by atoms with Gasteiger partial charge in [0.25, 0.3) is 0 Å². The van der Waals surface area contributed by atoms with Gasteiger partial charge in [-0.3, -0.25) is 0 Å². The average Bonchev–Trinajstić information content (AvgIpc) is 2.94. The molecule has 21 heavy (non-hydrogen) atoms. The molecule has 0 aliphatic heterocycles. The van der Waals surface area contributed by atoms with E-state index in [9.17, 15) is 0 Å². The van der Waals surface area contributed by atoms with Gasteiger partial charge in [-0.15, -0.1) is 11.8 Å². The minimum Gasteiger partial charge on any atom is -0.370 e. The van der Waals surface area contributed by atoms with Gasteiger partial charge in [0.05, 0.1) is 5.03 Å². The van der Waals surface area contributed by atoms with E-state index in [1.807, 2.05) is 24.0 Å². The third kappa shape index (κ3) is 3.39. The summed E-state index contributed by atoms with van der Waals surface area (Å²) < 4.78 is 0. The smallest absolute Gasteiger partial charge is 0.129 e. The summed E-state index contributed by atoms with van der Waals surface area (Å²) in [5.41, 5.74) is 2.44. The molecule has 0 unspecified atom stereocenters. The molecule has 3 nitrogen and oxygen atoms in total. The summed E-state index contributed by atoms with van der Waals surface area (Å²) in [7, 11) is 0. The van der Waals surface area contributed by atoms with Crippen molar-refractivity contribution in [2.45, 2.75) is 24.1 Å². The van der Waals surface area contributed by atoms with Gasteiger partial charge in [0.2, 0.25) is 0 Å². The van der Waals surface area contributed by atoms with Gasteiger partial charge in [0.1, 0.15) is 5.82 Å². The zero-order valence-corrected chi connectivity index (χ0v) is 12.9. The summed E-state index contributed by atoms with van der Waals surface area (Å²) >= 11 is 1.81. The topological polar surface area (TPSA) is 40.7 Å². The van der Waals surface area contributed by atoms with Gasteiger partial charge >= 0.3 is 0 Å². The van der Waals surface area contributed by atoms with Crippen LogP contribution in [0.1, 0.15) is 18.9 Å². The van der Waals surface area contributed by atoms with Crippen molar-refractivity contribution in [1.82, 2.24) is 9.97 Å². The number of rotatable bonds is 6. The lowest BCUT2D eigenvalue weighted by Gasteiger charge is -2.09. The molecule has 0 aliphatic carbocycles. The first-order valence-corrected chi connectivity index (χ1v) is 8.23. The molecule has 0 atom stereocenters. The normalized spacial score (nSPS) is 10.9. The Morgan fingerprint density at radius 2 is 2.10 bits per heavy atom. The van der Waals surface area contributed by atoms with Crippen LogP contribution in [0.4, 0.5) is 5.82 Å². The molecule has 108 valence electrons. The molecule has 2 N–H and O–H groups in total. The second-order valence-corrected chi connectivity index (χ2v) is 5.96. The van der Waals surface area contributed by atoms with E-state index in [1.54, 1.807) is 0 Å². The number of thioether (sulfide) groups is 1. The minimum atomic E-state index is 0.909. The first-order valence-electron chi connectivity index (χ1n) is 7.25. The van der Waals surface area contributed by atoms with Crippen LogP contribution in [0.25, 0.3) is 10.9 Å². The highest BCUT2D eigenvalue weighted by Crippen LogP contribution is 2.27. The predicted molar refractivity (Wildman–Crippen MR) is 90.9 cm³/mol. The van der Waals surface area contributed by atoms with Crippen molar-refractivity contribution < 1.29 is 0 Å². The first-order chi connectivity index (χ1) is 10.4. The molecular formula is C17H19N3S. The second kappa shape index (κ2) is 6.68. The number of nitrogens with zero attached hydrogens (tertiary/aromatic N) is 1. The maximum absolute atomic E-state index is 4.44. The second-order valence-electron chi connectivity index (χ2n) is 4.95. The van der Waals surface area contributed by atoms with E-state index in [-0.39, 0.29) is 0 Å². The van der Waals surface area contributed by atoms with E-state index >= 15 is 0 Å². The summed E-state index contributed by atoms with van der Waals surface area (Å²) in [6, 6.07) is 14.7. The molecule has 0 spiro atoms. The number of pyridine rings is 1. The van der Waals surface area contributed by atoms with Crippen molar-refractivity contribution in [3.8, 4) is 0 Å². The van der Waals surface area contributed by atoms with Crippen LogP contribution in [0.15, 0.2) is 53.7 Å². The molecule has 2 aromatic heterocycles. The van der Waals surface area contributed by atoms with Crippen molar-refractivity contribution in [3.63, 3.8) is 0 Å². The number of aromatic amines is 1. The van der Waals surface area contributed by atoms with E-state index in [0.717, 1.165) is 24.5 Å². The van der Waals surface area contributed by atoms with Gasteiger partial charge in [-0.2, -0.15) is 0 Å². The number of para-hydroxylation sites is 1. The summed E-state index contributed by atoms with van der Waals surface area (Å²) in [5.74, 6) is 1.91. The Balaban J connectivity index is 1.72. The fourth-order valence-electron chi connectivity index (χ4n) is 2.24. The first kappa shape index (κ1) is 14.0. The zero-order chi connectivity index (χ0) is 14.5. The highest BCUT2D eigenvalue weighted by atomic mass is 32.2. The molecule has 1 aromatic carbocycles. The Morgan fingerprint density at radius 1 is 1.19 bits per heavy atom. The van der Waals surface area contributed by atoms with E-state index in [0.29, 0.717) is 0 Å². The fourth-order valence-corrected chi connectivity index (χ4v) is 3.17. The Labute approximate surface area is 129 Å². The lowest BCUT2D eigenvalue weighted by Crippen LogP contribution is -2.04. The standard InChI is InChI=1S/C17H19N3S/c1-2-9-18-17-14(7-5-10-19-17)12-21-16-11-13-6-3-4-8-15(13)20-16/h3-8,10-11,20H,2,9,12H2,1H3,(H,18,19). The van der Waals surface area contributed by atoms with Gasteiger partial charge in [0.15, 0.2) is 0 Å². The van der Waals surface area contributed by atoms with Crippen LogP contribution in [0, 0.1) is 0 Å². The van der Waals surface area contributed by atoms with Crippen LogP contribution in [-0.2, 0) is 5.75 Å². The molecule has 0 saturated heterocycles. The van der Waals surface area contributed by atoms with Gasteiger partial charge in [0, 0.05) is 35.0 Å². The van der Waals surface area contributed by atoms with E-state index < -0.39 is 0 Å². The van der Waals surface area contributed by atoms with Crippen LogP contribution < -0.4 is 5.32 Å². The van der Waals surface area contributed by atoms with Crippen LogP contribution in [0.5, 0.6) is 0 Å². The largest absolute Gasteiger partial charge is 0.370 e. The molecule has 0 amide bonds. The van der Waals surface area contributed by atoms with Gasteiger partial charge in [-0.05, 0) is 24.6 Å². The van der Waals surface area contributed by atoms with E-state index in [1.165, 1.54) is 21.5 Å². The molecule has 0 fully saturated rings. The molecule has 0 bridgehead atoms. The lowest BCUT2D eigenvalue weighted by molar-refractivity contribution is 0.965. The quantitative estimate of drug-likeness (QED) is 0.649. The zero-order valence-electron chi connectivity index (χ0n) is 12.1. The number of anilines is 1. The number of fused-ring (bicyclic) bond motifs is 1. The molecule has 0 radical (unpaired) electrons. The van der Waals surface area contributed by atoms with Crippen LogP contribution in [-0.4, -0.2) is 16.5 Å². The fraction of sp³-hybridized carbons (Fsp3) is 0.235. The summed E-state index contributed by atoms with van der Waals surface area (Å²) in [4.78, 5) is 7.89. The van der Waals surface area contributed by atoms with Gasteiger partial charge < -0.3 is 10.3 Å². The van der Waals surface area contributed by atoms with Crippen molar-refractivity contribution in [3.05, 3.63) is 54.2 Å². The van der Waals surface area contributed by atoms with Crippen LogP contribution >= 0.6 is 11.8 Å². The van der Waals surface area contributed by atoms with Crippen molar-refractivity contribution in [1.29, 1.82) is 0 Å². The number of hydrogen-bond donors (Lipinski definition) is 2. The minimum absolute atomic E-state index is 0.909. The number of nitrogens with one attached hydrogen (secondary N) is 2. The van der Waals surface area contributed by atoms with Gasteiger partial charge in [-0.1, -0.05) is 31.2 Å². The molecular weight excluding hydrogens is 278 g/mol. The third-order valence-electron chi connectivity index (χ3n) is 3.32. The highest BCUT2D eigenvalue weighted by Gasteiger charge is 2.05. The number of H-pyrrole nitrogens is 1. The monoisotopic (exact) mass is 297 g/mol. The Bertz CT molecular complexity index is 688. The summed E-state index contributed by atoms with van der Waals surface area (Å²) in [6.07, 6.45) is 2.94. The van der Waals surface area contributed by atoms with Crippen molar-refractivity contribution in [2.75, 3.05) is 11.9 Å². The highest BCUT2D eigenvalue weighted by molar-refractivity contribution is 7.98. The third-order valence-corrected chi connectivity index (χ3v) is 4.31. The maximum atomic E-state index is 4.44. The molecule has 0 aliphatic rings. The van der Waals surface area contributed by atoms with E-state index in [2.05, 4.69) is 58.6 Å². The van der Waals surface area contributed by atoms with Gasteiger partial charge in [-0.25, -0.2) is 4.98 Å². The Kier molecular flexibility index (Phi) is 4.46.